The van der Waals surface area contributed by atoms with Crippen LogP contribution in [0.3, 0.4) is 0 Å². The van der Waals surface area contributed by atoms with Gasteiger partial charge in [0.05, 0.1) is 0 Å². The number of amides is 2. The summed E-state index contributed by atoms with van der Waals surface area (Å²) in [4.78, 5) is 34.7. The predicted molar refractivity (Wildman–Crippen MR) is 110 cm³/mol. The van der Waals surface area contributed by atoms with E-state index in [1.807, 2.05) is 25.1 Å². The van der Waals surface area contributed by atoms with Gasteiger partial charge in [-0.3, -0.25) is 14.4 Å². The van der Waals surface area contributed by atoms with Gasteiger partial charge in [0.25, 0.3) is 11.8 Å². The summed E-state index contributed by atoms with van der Waals surface area (Å²) in [5.41, 5.74) is 3.16. The number of aryl methyl sites for hydroxylation is 1. The topological polar surface area (TPSA) is 105 Å². The van der Waals surface area contributed by atoms with Gasteiger partial charge in [-0.15, -0.1) is 0 Å². The third kappa shape index (κ3) is 6.34. The van der Waals surface area contributed by atoms with Gasteiger partial charge >= 0.3 is 5.97 Å². The second-order valence-electron chi connectivity index (χ2n) is 7.08. The quantitative estimate of drug-likeness (QED) is 0.633. The van der Waals surface area contributed by atoms with Crippen molar-refractivity contribution in [1.29, 1.82) is 0 Å². The highest BCUT2D eigenvalue weighted by Crippen LogP contribution is 2.24. The lowest BCUT2D eigenvalue weighted by molar-refractivity contribution is -0.135. The zero-order chi connectivity index (χ0) is 21.6. The number of carbonyl (C=O) groups is 3. The zero-order valence-electron chi connectivity index (χ0n) is 17.0. The van der Waals surface area contributed by atoms with Crippen LogP contribution < -0.4 is 15.4 Å². The maximum absolute atomic E-state index is 12.4. The number of rotatable bonds is 8. The van der Waals surface area contributed by atoms with Crippen molar-refractivity contribution in [3.8, 4) is 5.75 Å². The summed E-state index contributed by atoms with van der Waals surface area (Å²) >= 11 is 0. The molecule has 0 radical (unpaired) electrons. The van der Waals surface area contributed by atoms with Gasteiger partial charge in [-0.1, -0.05) is 19.9 Å². The highest BCUT2D eigenvalue weighted by molar-refractivity contribution is 5.97. The molecule has 0 saturated carbocycles. The molecule has 3 N–H and O–H groups in total. The third-order valence-corrected chi connectivity index (χ3v) is 4.36. The average molecular weight is 398 g/mol. The van der Waals surface area contributed by atoms with E-state index in [4.69, 9.17) is 9.84 Å². The molecule has 2 rings (SSSR count). The number of anilines is 1. The molecule has 0 aliphatic heterocycles. The molecule has 2 aromatic rings. The summed E-state index contributed by atoms with van der Waals surface area (Å²) in [7, 11) is 0. The average Bonchev–Trinajstić information content (AvgIpc) is 2.66. The molecule has 0 aliphatic carbocycles. The van der Waals surface area contributed by atoms with Crippen LogP contribution in [0, 0.1) is 6.92 Å². The van der Waals surface area contributed by atoms with Gasteiger partial charge in [-0.05, 0) is 67.3 Å². The molecule has 2 amide bonds. The number of benzene rings is 2. The molecule has 0 heterocycles. The SMILES string of the molecule is Cc1cc(OC(C)C(=O)Nc2ccc(C(=O)NCC(=O)O)cc2)ccc1C(C)C. The highest BCUT2D eigenvalue weighted by atomic mass is 16.5. The van der Waals surface area contributed by atoms with Crippen molar-refractivity contribution in [1.82, 2.24) is 5.32 Å². The second-order valence-corrected chi connectivity index (χ2v) is 7.08. The number of nitrogens with one attached hydrogen (secondary N) is 2. The Labute approximate surface area is 170 Å². The molecule has 2 aromatic carbocycles. The van der Waals surface area contributed by atoms with Crippen LogP contribution in [0.15, 0.2) is 42.5 Å². The molecule has 0 spiro atoms. The van der Waals surface area contributed by atoms with Crippen molar-refractivity contribution in [3.05, 3.63) is 59.2 Å². The Morgan fingerprint density at radius 2 is 1.69 bits per heavy atom. The Balaban J connectivity index is 1.94. The smallest absolute Gasteiger partial charge is 0.322 e. The van der Waals surface area contributed by atoms with Crippen LogP contribution in [0.4, 0.5) is 5.69 Å². The maximum atomic E-state index is 12.4. The van der Waals surface area contributed by atoms with Crippen LogP contribution >= 0.6 is 0 Å². The van der Waals surface area contributed by atoms with Gasteiger partial charge in [0.1, 0.15) is 12.3 Å². The first-order valence-electron chi connectivity index (χ1n) is 9.35. The van der Waals surface area contributed by atoms with Crippen molar-refractivity contribution in [2.75, 3.05) is 11.9 Å². The molecule has 154 valence electrons. The second kappa shape index (κ2) is 9.73. The van der Waals surface area contributed by atoms with Crippen LogP contribution in [0.5, 0.6) is 5.75 Å². The van der Waals surface area contributed by atoms with E-state index in [2.05, 4.69) is 24.5 Å². The Bertz CT molecular complexity index is 891. The van der Waals surface area contributed by atoms with E-state index in [9.17, 15) is 14.4 Å². The molecular weight excluding hydrogens is 372 g/mol. The molecule has 7 heteroatoms. The molecule has 0 saturated heterocycles. The van der Waals surface area contributed by atoms with E-state index in [1.165, 1.54) is 17.7 Å². The number of hydrogen-bond donors (Lipinski definition) is 3. The summed E-state index contributed by atoms with van der Waals surface area (Å²) < 4.78 is 5.75. The van der Waals surface area contributed by atoms with Crippen molar-refractivity contribution < 1.29 is 24.2 Å². The van der Waals surface area contributed by atoms with Crippen LogP contribution in [-0.2, 0) is 9.59 Å². The normalized spacial score (nSPS) is 11.6. The van der Waals surface area contributed by atoms with E-state index < -0.39 is 24.5 Å². The molecule has 29 heavy (non-hydrogen) atoms. The number of carbonyl (C=O) groups excluding carboxylic acids is 2. The van der Waals surface area contributed by atoms with E-state index in [0.29, 0.717) is 22.9 Å². The standard InChI is InChI=1S/C22H26N2O5/c1-13(2)19-10-9-18(11-14(19)3)29-15(4)21(27)24-17-7-5-16(6-8-17)22(28)23-12-20(25)26/h5-11,13,15H,12H2,1-4H3,(H,23,28)(H,24,27)(H,25,26). The molecule has 0 fully saturated rings. The lowest BCUT2D eigenvalue weighted by Gasteiger charge is -2.17. The number of aliphatic carboxylic acids is 1. The number of carboxylic acid groups (broad SMARTS) is 1. The molecule has 1 atom stereocenters. The molecule has 0 bridgehead atoms. The predicted octanol–water partition coefficient (Wildman–Crippen LogP) is 3.34. The van der Waals surface area contributed by atoms with Gasteiger partial charge in [0.2, 0.25) is 0 Å². The first kappa shape index (κ1) is 21.9. The molecule has 0 aromatic heterocycles. The van der Waals surface area contributed by atoms with Gasteiger partial charge in [-0.25, -0.2) is 0 Å². The lowest BCUT2D eigenvalue weighted by atomic mass is 9.98. The first-order chi connectivity index (χ1) is 13.7. The number of ether oxygens (including phenoxy) is 1. The summed E-state index contributed by atoms with van der Waals surface area (Å²) in [6, 6.07) is 11.9. The van der Waals surface area contributed by atoms with Gasteiger partial charge in [0.15, 0.2) is 6.10 Å². The van der Waals surface area contributed by atoms with E-state index >= 15 is 0 Å². The van der Waals surface area contributed by atoms with Gasteiger partial charge in [0, 0.05) is 11.3 Å². The van der Waals surface area contributed by atoms with Crippen LogP contribution in [0.2, 0.25) is 0 Å². The first-order valence-corrected chi connectivity index (χ1v) is 9.35. The van der Waals surface area contributed by atoms with E-state index in [1.54, 1.807) is 19.1 Å². The Kier molecular flexibility index (Phi) is 7.36. The Morgan fingerprint density at radius 3 is 2.24 bits per heavy atom. The summed E-state index contributed by atoms with van der Waals surface area (Å²) in [6.45, 7) is 7.47. The van der Waals surface area contributed by atoms with Crippen molar-refractivity contribution in [3.63, 3.8) is 0 Å². The number of carboxylic acids is 1. The Hall–Kier alpha value is -3.35. The lowest BCUT2D eigenvalue weighted by Crippen LogP contribution is -2.30. The van der Waals surface area contributed by atoms with Crippen molar-refractivity contribution in [2.45, 2.75) is 39.7 Å². The molecule has 7 nitrogen and oxygen atoms in total. The summed E-state index contributed by atoms with van der Waals surface area (Å²) in [5.74, 6) is -0.898. The van der Waals surface area contributed by atoms with Crippen molar-refractivity contribution >= 4 is 23.5 Å². The number of hydrogen-bond acceptors (Lipinski definition) is 4. The van der Waals surface area contributed by atoms with Crippen LogP contribution in [0.25, 0.3) is 0 Å². The van der Waals surface area contributed by atoms with Crippen LogP contribution in [0.1, 0.15) is 48.2 Å². The van der Waals surface area contributed by atoms with Gasteiger partial charge in [-0.2, -0.15) is 0 Å². The van der Waals surface area contributed by atoms with Crippen molar-refractivity contribution in [2.24, 2.45) is 0 Å². The molecule has 0 aliphatic rings. The summed E-state index contributed by atoms with van der Waals surface area (Å²) in [5, 5.41) is 13.6. The monoisotopic (exact) mass is 398 g/mol. The fourth-order valence-corrected chi connectivity index (χ4v) is 2.83. The molecule has 1 unspecified atom stereocenters. The zero-order valence-corrected chi connectivity index (χ0v) is 17.0. The maximum Gasteiger partial charge on any atom is 0.322 e. The fourth-order valence-electron chi connectivity index (χ4n) is 2.83. The minimum Gasteiger partial charge on any atom is -0.481 e. The highest BCUT2D eigenvalue weighted by Gasteiger charge is 2.16. The minimum absolute atomic E-state index is 0.300. The van der Waals surface area contributed by atoms with E-state index in [-0.39, 0.29) is 5.91 Å². The third-order valence-electron chi connectivity index (χ3n) is 4.36. The van der Waals surface area contributed by atoms with E-state index in [0.717, 1.165) is 5.56 Å². The van der Waals surface area contributed by atoms with Gasteiger partial charge < -0.3 is 20.5 Å². The summed E-state index contributed by atoms with van der Waals surface area (Å²) in [6.07, 6.45) is -0.710. The fraction of sp³-hybridized carbons (Fsp3) is 0.318. The minimum atomic E-state index is -1.12. The largest absolute Gasteiger partial charge is 0.481 e. The molecular formula is C22H26N2O5. The van der Waals surface area contributed by atoms with Crippen LogP contribution in [-0.4, -0.2) is 35.5 Å². The Morgan fingerprint density at radius 1 is 1.03 bits per heavy atom.